The van der Waals surface area contributed by atoms with Gasteiger partial charge in [-0.1, -0.05) is 0 Å². The van der Waals surface area contributed by atoms with Gasteiger partial charge in [-0.2, -0.15) is 0 Å². The van der Waals surface area contributed by atoms with Gasteiger partial charge in [-0.3, -0.25) is 0 Å². The molecule has 1 saturated heterocycles. The minimum atomic E-state index is -1.25. The van der Waals surface area contributed by atoms with Crippen molar-refractivity contribution in [1.82, 2.24) is 10.2 Å². The third kappa shape index (κ3) is 4.70. The molecule has 1 aromatic heterocycles. The molecule has 2 heterocycles. The smallest absolute Gasteiger partial charge is 0.168 e. The molecule has 2 aromatic rings. The van der Waals surface area contributed by atoms with Gasteiger partial charge in [0.2, 0.25) is 0 Å². The van der Waals surface area contributed by atoms with E-state index in [4.69, 9.17) is 10.5 Å². The number of nitrogens with two attached hydrogens (primary N) is 1. The maximum atomic E-state index is 14.1. The molecule has 2 aliphatic rings. The van der Waals surface area contributed by atoms with E-state index in [-0.39, 0.29) is 28.9 Å². The normalized spacial score (nSPS) is 25.8. The minimum Gasteiger partial charge on any atom is -0.376 e. The molecule has 8 heteroatoms. The van der Waals surface area contributed by atoms with Crippen molar-refractivity contribution in [3.8, 4) is 11.3 Å². The second kappa shape index (κ2) is 8.39. The van der Waals surface area contributed by atoms with Crippen molar-refractivity contribution in [2.45, 2.75) is 57.7 Å². The van der Waals surface area contributed by atoms with E-state index in [1.165, 1.54) is 0 Å². The number of aromatic nitrogens is 2. The molecular formula is C23H29F3N4O. The summed E-state index contributed by atoms with van der Waals surface area (Å²) in [6.45, 7) is 7.56. The Morgan fingerprint density at radius 3 is 2.58 bits per heavy atom. The van der Waals surface area contributed by atoms with Crippen LogP contribution in [0.4, 0.5) is 19.0 Å². The molecule has 2 fully saturated rings. The van der Waals surface area contributed by atoms with Crippen molar-refractivity contribution in [3.63, 3.8) is 0 Å². The second-order valence-electron chi connectivity index (χ2n) is 9.65. The number of ether oxygens (including phenoxy) is 1. The predicted molar refractivity (Wildman–Crippen MR) is 113 cm³/mol. The van der Waals surface area contributed by atoms with Crippen LogP contribution in [-0.2, 0) is 4.74 Å². The van der Waals surface area contributed by atoms with Crippen molar-refractivity contribution in [2.75, 3.05) is 18.1 Å². The van der Waals surface area contributed by atoms with Gasteiger partial charge in [-0.15, -0.1) is 10.2 Å². The summed E-state index contributed by atoms with van der Waals surface area (Å²) in [6, 6.07) is 5.19. The Morgan fingerprint density at radius 1 is 1.13 bits per heavy atom. The molecule has 1 aliphatic heterocycles. The molecule has 1 saturated carbocycles. The third-order valence-electron chi connectivity index (χ3n) is 6.27. The van der Waals surface area contributed by atoms with E-state index >= 15 is 0 Å². The Balaban J connectivity index is 1.56. The van der Waals surface area contributed by atoms with Crippen LogP contribution in [0.1, 0.15) is 40.0 Å². The Kier molecular flexibility index (Phi) is 5.96. The van der Waals surface area contributed by atoms with Crippen molar-refractivity contribution in [3.05, 3.63) is 41.7 Å². The number of anilines is 1. The lowest BCUT2D eigenvalue weighted by Gasteiger charge is -2.30. The number of hydrogen-bond donors (Lipinski definition) is 1. The van der Waals surface area contributed by atoms with Crippen molar-refractivity contribution in [2.24, 2.45) is 17.6 Å². The summed E-state index contributed by atoms with van der Waals surface area (Å²) in [7, 11) is 0. The van der Waals surface area contributed by atoms with Crippen LogP contribution in [0.15, 0.2) is 24.3 Å². The van der Waals surface area contributed by atoms with Gasteiger partial charge in [0.05, 0.1) is 11.3 Å². The quantitative estimate of drug-likeness (QED) is 0.711. The molecule has 31 heavy (non-hydrogen) atoms. The summed E-state index contributed by atoms with van der Waals surface area (Å²) in [5, 5.41) is 8.36. The predicted octanol–water partition coefficient (Wildman–Crippen LogP) is 4.31. The van der Waals surface area contributed by atoms with Crippen molar-refractivity contribution >= 4 is 5.82 Å². The lowest BCUT2D eigenvalue weighted by Crippen LogP contribution is -2.37. The Hall–Kier alpha value is -2.19. The van der Waals surface area contributed by atoms with E-state index in [1.807, 2.05) is 20.8 Å². The number of fused-ring (bicyclic) bond motifs is 1. The molecule has 0 unspecified atom stereocenters. The summed E-state index contributed by atoms with van der Waals surface area (Å²) < 4.78 is 47.2. The minimum absolute atomic E-state index is 0.0914. The van der Waals surface area contributed by atoms with Crippen LogP contribution in [-0.4, -0.2) is 41.0 Å². The molecule has 1 aliphatic carbocycles. The molecule has 0 bridgehead atoms. The number of hydrogen-bond acceptors (Lipinski definition) is 5. The fraction of sp³-hybridized carbons (Fsp3) is 0.565. The van der Waals surface area contributed by atoms with E-state index in [0.29, 0.717) is 30.3 Å². The topological polar surface area (TPSA) is 64.3 Å². The fourth-order valence-corrected chi connectivity index (χ4v) is 4.99. The molecule has 0 spiro atoms. The standard InChI is InChI=1S/C23H29F3N4O/c1-23(2,3)31-7-6-20-16-11-15(27)8-13(16)12-30(20)21-5-4-19(28-29-21)17-9-14(24)10-18(25)22(17)26/h4-5,9-10,13,15-16,20H,6-8,11-12,27H2,1-3H3/t13-,15+,16+,20+/m1/s1. The maximum absolute atomic E-state index is 14.1. The van der Waals surface area contributed by atoms with Crippen molar-refractivity contribution in [1.29, 1.82) is 0 Å². The average Bonchev–Trinajstić information content (AvgIpc) is 3.21. The van der Waals surface area contributed by atoms with Gasteiger partial charge in [0.1, 0.15) is 5.82 Å². The van der Waals surface area contributed by atoms with E-state index in [0.717, 1.165) is 31.9 Å². The van der Waals surface area contributed by atoms with Gasteiger partial charge in [0, 0.05) is 36.9 Å². The first kappa shape index (κ1) is 22.0. The average molecular weight is 435 g/mol. The highest BCUT2D eigenvalue weighted by Gasteiger charge is 2.46. The Morgan fingerprint density at radius 2 is 1.90 bits per heavy atom. The van der Waals surface area contributed by atoms with Crippen LogP contribution in [0.3, 0.4) is 0 Å². The first-order valence-electron chi connectivity index (χ1n) is 10.8. The van der Waals surface area contributed by atoms with Crippen LogP contribution < -0.4 is 10.6 Å². The second-order valence-corrected chi connectivity index (χ2v) is 9.65. The van der Waals surface area contributed by atoms with Crippen LogP contribution in [0.25, 0.3) is 11.3 Å². The van der Waals surface area contributed by atoms with Gasteiger partial charge in [-0.25, -0.2) is 13.2 Å². The third-order valence-corrected chi connectivity index (χ3v) is 6.27. The van der Waals surface area contributed by atoms with Gasteiger partial charge in [0.15, 0.2) is 17.5 Å². The van der Waals surface area contributed by atoms with Gasteiger partial charge < -0.3 is 15.4 Å². The zero-order valence-electron chi connectivity index (χ0n) is 18.1. The summed E-state index contributed by atoms with van der Waals surface area (Å²) in [5.74, 6) is -1.61. The zero-order chi connectivity index (χ0) is 22.3. The van der Waals surface area contributed by atoms with Crippen LogP contribution in [0.5, 0.6) is 0 Å². The molecule has 0 amide bonds. The van der Waals surface area contributed by atoms with Gasteiger partial charge in [-0.05, 0) is 70.1 Å². The number of benzene rings is 1. The zero-order valence-corrected chi connectivity index (χ0v) is 18.1. The van der Waals surface area contributed by atoms with E-state index in [1.54, 1.807) is 12.1 Å². The molecular weight excluding hydrogens is 405 g/mol. The molecule has 4 atom stereocenters. The largest absolute Gasteiger partial charge is 0.376 e. The monoisotopic (exact) mass is 434 g/mol. The highest BCUT2D eigenvalue weighted by atomic mass is 19.2. The highest BCUT2D eigenvalue weighted by Crippen LogP contribution is 2.44. The Bertz CT molecular complexity index is 932. The molecule has 5 nitrogen and oxygen atoms in total. The van der Waals surface area contributed by atoms with Crippen LogP contribution in [0, 0.1) is 29.3 Å². The lowest BCUT2D eigenvalue weighted by atomic mass is 9.92. The summed E-state index contributed by atoms with van der Waals surface area (Å²) in [5.41, 5.74) is 5.86. The molecule has 2 N–H and O–H groups in total. The van der Waals surface area contributed by atoms with Crippen LogP contribution >= 0.6 is 0 Å². The summed E-state index contributed by atoms with van der Waals surface area (Å²) in [4.78, 5) is 2.23. The van der Waals surface area contributed by atoms with E-state index < -0.39 is 17.5 Å². The first-order chi connectivity index (χ1) is 14.6. The number of rotatable bonds is 5. The first-order valence-corrected chi connectivity index (χ1v) is 10.8. The SMILES string of the molecule is CC(C)(C)OCC[C@H]1[C@H]2C[C@@H](N)C[C@@H]2CN1c1ccc(-c2cc(F)cc(F)c2F)nn1. The van der Waals surface area contributed by atoms with Gasteiger partial charge >= 0.3 is 0 Å². The molecule has 168 valence electrons. The summed E-state index contributed by atoms with van der Waals surface area (Å²) >= 11 is 0. The summed E-state index contributed by atoms with van der Waals surface area (Å²) in [6.07, 6.45) is 2.80. The lowest BCUT2D eigenvalue weighted by molar-refractivity contribution is -0.00736. The molecule has 0 radical (unpaired) electrons. The van der Waals surface area contributed by atoms with E-state index in [2.05, 4.69) is 15.1 Å². The molecule has 4 rings (SSSR count). The van der Waals surface area contributed by atoms with Gasteiger partial charge in [0.25, 0.3) is 0 Å². The highest BCUT2D eigenvalue weighted by molar-refractivity contribution is 5.61. The number of halogens is 3. The fourth-order valence-electron chi connectivity index (χ4n) is 4.99. The molecule has 1 aromatic carbocycles. The maximum Gasteiger partial charge on any atom is 0.168 e. The van der Waals surface area contributed by atoms with Crippen molar-refractivity contribution < 1.29 is 17.9 Å². The Labute approximate surface area is 180 Å². The van der Waals surface area contributed by atoms with E-state index in [9.17, 15) is 13.2 Å². The number of nitrogens with zero attached hydrogens (tertiary/aromatic N) is 3. The van der Waals surface area contributed by atoms with Crippen LogP contribution in [0.2, 0.25) is 0 Å².